The summed E-state index contributed by atoms with van der Waals surface area (Å²) in [5.41, 5.74) is 0.845. The van der Waals surface area contributed by atoms with Crippen molar-refractivity contribution in [3.05, 3.63) is 29.6 Å². The molecule has 0 saturated carbocycles. The smallest absolute Gasteiger partial charge is 0.317 e. The van der Waals surface area contributed by atoms with Crippen LogP contribution in [0.1, 0.15) is 43.5 Å². The number of carbonyl (C=O) groups is 2. The van der Waals surface area contributed by atoms with Crippen molar-refractivity contribution in [2.24, 2.45) is 0 Å². The molecule has 1 aliphatic rings. The fraction of sp³-hybridized carbons (Fsp3) is 0.600. The number of halogens is 1. The second kappa shape index (κ2) is 10.9. The van der Waals surface area contributed by atoms with Gasteiger partial charge in [-0.1, -0.05) is 13.3 Å². The van der Waals surface area contributed by atoms with Gasteiger partial charge in [0, 0.05) is 51.5 Å². The maximum Gasteiger partial charge on any atom is 0.317 e. The Balaban J connectivity index is 1.72. The van der Waals surface area contributed by atoms with E-state index < -0.39 is 5.82 Å². The summed E-state index contributed by atoms with van der Waals surface area (Å²) in [6, 6.07) is 4.47. The summed E-state index contributed by atoms with van der Waals surface area (Å²) in [6.07, 6.45) is 2.98. The molecule has 1 aromatic rings. The van der Waals surface area contributed by atoms with Crippen molar-refractivity contribution >= 4 is 17.5 Å². The molecule has 6 nitrogen and oxygen atoms in total. The Morgan fingerprint density at radius 1 is 1.15 bits per heavy atom. The first-order valence-corrected chi connectivity index (χ1v) is 9.69. The second-order valence-electron chi connectivity index (χ2n) is 6.75. The minimum Gasteiger partial charge on any atom is -0.381 e. The Kier molecular flexibility index (Phi) is 8.51. The van der Waals surface area contributed by atoms with Crippen LogP contribution in [0.2, 0.25) is 0 Å². The lowest BCUT2D eigenvalue weighted by Crippen LogP contribution is -2.52. The number of carbonyl (C=O) groups excluding carboxylic acids is 2. The number of rotatable bonds is 9. The molecule has 2 amide bonds. The average molecular weight is 379 g/mol. The molecule has 0 spiro atoms. The van der Waals surface area contributed by atoms with E-state index in [1.807, 2.05) is 4.90 Å². The van der Waals surface area contributed by atoms with Gasteiger partial charge in [0.2, 0.25) is 0 Å². The van der Waals surface area contributed by atoms with Gasteiger partial charge in [-0.05, 0) is 38.0 Å². The molecule has 0 bridgehead atoms. The standard InChI is InChI=1S/C20H30FN3O3/c1-3-4-13-27-14-5-8-22-20(26)24-11-9-23(10-12-24)19-7-6-17(16(2)25)15-18(19)21/h6-7,15H,3-5,8-14H2,1-2H3,(H,22,26). The number of Topliss-reactive ketones (excluding diaryl/α,β-unsaturated/α-hetero) is 1. The normalized spacial score (nSPS) is 14.3. The number of hydrogen-bond donors (Lipinski definition) is 1. The zero-order chi connectivity index (χ0) is 19.6. The average Bonchev–Trinajstić information content (AvgIpc) is 2.67. The number of unbranched alkanes of at least 4 members (excludes halogenated alkanes) is 1. The first kappa shape index (κ1) is 21.2. The Morgan fingerprint density at radius 2 is 1.85 bits per heavy atom. The third-order valence-corrected chi connectivity index (χ3v) is 4.65. The molecule has 0 aliphatic carbocycles. The molecule has 0 unspecified atom stereocenters. The Labute approximate surface area is 160 Å². The Bertz CT molecular complexity index is 631. The number of ketones is 1. The van der Waals surface area contributed by atoms with Crippen LogP contribution in [0.4, 0.5) is 14.9 Å². The Morgan fingerprint density at radius 3 is 2.48 bits per heavy atom. The molecule has 1 fully saturated rings. The van der Waals surface area contributed by atoms with Crippen LogP contribution in [0.15, 0.2) is 18.2 Å². The lowest BCUT2D eigenvalue weighted by molar-refractivity contribution is 0.101. The van der Waals surface area contributed by atoms with E-state index >= 15 is 0 Å². The van der Waals surface area contributed by atoms with Gasteiger partial charge in [0.25, 0.3) is 0 Å². The van der Waals surface area contributed by atoms with E-state index in [1.165, 1.54) is 13.0 Å². The zero-order valence-corrected chi connectivity index (χ0v) is 16.3. The number of amides is 2. The number of ether oxygens (including phenoxy) is 1. The summed E-state index contributed by atoms with van der Waals surface area (Å²) in [5.74, 6) is -0.554. The summed E-state index contributed by atoms with van der Waals surface area (Å²) >= 11 is 0. The maximum absolute atomic E-state index is 14.3. The number of benzene rings is 1. The molecule has 150 valence electrons. The van der Waals surface area contributed by atoms with Gasteiger partial charge in [0.05, 0.1) is 5.69 Å². The van der Waals surface area contributed by atoms with Gasteiger partial charge in [-0.25, -0.2) is 9.18 Å². The molecule has 0 atom stereocenters. The lowest BCUT2D eigenvalue weighted by Gasteiger charge is -2.36. The van der Waals surface area contributed by atoms with Gasteiger partial charge in [-0.2, -0.15) is 0 Å². The van der Waals surface area contributed by atoms with Gasteiger partial charge in [-0.3, -0.25) is 4.79 Å². The predicted octanol–water partition coefficient (Wildman–Crippen LogP) is 3.07. The van der Waals surface area contributed by atoms with E-state index in [1.54, 1.807) is 17.0 Å². The molecule has 1 heterocycles. The van der Waals surface area contributed by atoms with Crippen LogP contribution in [0.25, 0.3) is 0 Å². The molecular weight excluding hydrogens is 349 g/mol. The quantitative estimate of drug-likeness (QED) is 0.529. The number of nitrogens with zero attached hydrogens (tertiary/aromatic N) is 2. The fourth-order valence-electron chi connectivity index (χ4n) is 2.96. The third-order valence-electron chi connectivity index (χ3n) is 4.65. The van der Waals surface area contributed by atoms with E-state index in [-0.39, 0.29) is 11.8 Å². The molecule has 1 saturated heterocycles. The number of urea groups is 1. The largest absolute Gasteiger partial charge is 0.381 e. The van der Waals surface area contributed by atoms with Crippen molar-refractivity contribution in [3.63, 3.8) is 0 Å². The van der Waals surface area contributed by atoms with Crippen molar-refractivity contribution in [2.45, 2.75) is 33.1 Å². The highest BCUT2D eigenvalue weighted by Crippen LogP contribution is 2.22. The van der Waals surface area contributed by atoms with Crippen LogP contribution in [0.5, 0.6) is 0 Å². The van der Waals surface area contributed by atoms with E-state index in [2.05, 4.69) is 12.2 Å². The fourth-order valence-corrected chi connectivity index (χ4v) is 2.96. The highest BCUT2D eigenvalue weighted by Gasteiger charge is 2.22. The second-order valence-corrected chi connectivity index (χ2v) is 6.75. The highest BCUT2D eigenvalue weighted by atomic mass is 19.1. The Hall–Kier alpha value is -2.15. The van der Waals surface area contributed by atoms with E-state index in [0.717, 1.165) is 25.9 Å². The van der Waals surface area contributed by atoms with E-state index in [9.17, 15) is 14.0 Å². The first-order chi connectivity index (χ1) is 13.0. The topological polar surface area (TPSA) is 61.9 Å². The highest BCUT2D eigenvalue weighted by molar-refractivity contribution is 5.94. The van der Waals surface area contributed by atoms with Gasteiger partial charge >= 0.3 is 6.03 Å². The van der Waals surface area contributed by atoms with Gasteiger partial charge < -0.3 is 19.9 Å². The van der Waals surface area contributed by atoms with Crippen LogP contribution in [0, 0.1) is 5.82 Å². The summed E-state index contributed by atoms with van der Waals surface area (Å²) < 4.78 is 19.7. The minimum atomic E-state index is -0.399. The molecule has 0 radical (unpaired) electrons. The number of nitrogens with one attached hydrogen (secondary N) is 1. The molecule has 2 rings (SSSR count). The maximum atomic E-state index is 14.3. The van der Waals surface area contributed by atoms with Gasteiger partial charge in [0.15, 0.2) is 5.78 Å². The van der Waals surface area contributed by atoms with Crippen LogP contribution < -0.4 is 10.2 Å². The SMILES string of the molecule is CCCCOCCCNC(=O)N1CCN(c2ccc(C(C)=O)cc2F)CC1. The van der Waals surface area contributed by atoms with Gasteiger partial charge in [-0.15, -0.1) is 0 Å². The van der Waals surface area contributed by atoms with Crippen LogP contribution in [-0.2, 0) is 4.74 Å². The number of hydrogen-bond acceptors (Lipinski definition) is 4. The molecule has 0 aromatic heterocycles. The monoisotopic (exact) mass is 379 g/mol. The van der Waals surface area contributed by atoms with Crippen molar-refractivity contribution in [2.75, 3.05) is 50.8 Å². The van der Waals surface area contributed by atoms with Crippen molar-refractivity contribution in [1.29, 1.82) is 0 Å². The molecule has 1 aromatic carbocycles. The molecule has 27 heavy (non-hydrogen) atoms. The van der Waals surface area contributed by atoms with Crippen molar-refractivity contribution in [3.8, 4) is 0 Å². The molecular formula is C20H30FN3O3. The van der Waals surface area contributed by atoms with Crippen LogP contribution in [-0.4, -0.2) is 62.7 Å². The van der Waals surface area contributed by atoms with Crippen LogP contribution >= 0.6 is 0 Å². The third kappa shape index (κ3) is 6.50. The van der Waals surface area contributed by atoms with E-state index in [4.69, 9.17) is 4.74 Å². The number of anilines is 1. The number of piperazine rings is 1. The van der Waals surface area contributed by atoms with E-state index in [0.29, 0.717) is 50.6 Å². The summed E-state index contributed by atoms with van der Waals surface area (Å²) in [7, 11) is 0. The summed E-state index contributed by atoms with van der Waals surface area (Å²) in [4.78, 5) is 27.2. The minimum absolute atomic E-state index is 0.0874. The van der Waals surface area contributed by atoms with Crippen LogP contribution in [0.3, 0.4) is 0 Å². The molecule has 7 heteroatoms. The zero-order valence-electron chi connectivity index (χ0n) is 16.3. The first-order valence-electron chi connectivity index (χ1n) is 9.69. The lowest BCUT2D eigenvalue weighted by atomic mass is 10.1. The summed E-state index contributed by atoms with van der Waals surface area (Å²) in [6.45, 7) is 7.75. The molecule has 1 N–H and O–H groups in total. The predicted molar refractivity (Wildman–Crippen MR) is 104 cm³/mol. The van der Waals surface area contributed by atoms with Gasteiger partial charge in [0.1, 0.15) is 5.82 Å². The summed E-state index contributed by atoms with van der Waals surface area (Å²) in [5, 5.41) is 2.91. The van der Waals surface area contributed by atoms with Crippen molar-refractivity contribution < 1.29 is 18.7 Å². The van der Waals surface area contributed by atoms with Crippen molar-refractivity contribution in [1.82, 2.24) is 10.2 Å². The molecule has 1 aliphatic heterocycles.